The third kappa shape index (κ3) is 4.18. The highest BCUT2D eigenvalue weighted by molar-refractivity contribution is 5.85. The molecule has 0 saturated carbocycles. The Balaban J connectivity index is 1.08. The number of rotatable bonds is 7. The van der Waals surface area contributed by atoms with Crippen molar-refractivity contribution in [3.63, 3.8) is 0 Å². The molecule has 11 heteroatoms. The monoisotopic (exact) mass is 544 g/mol. The maximum atomic E-state index is 12.2. The van der Waals surface area contributed by atoms with Crippen LogP contribution in [0.3, 0.4) is 0 Å². The molecule has 5 fully saturated rings. The number of aliphatic hydroxyl groups excluding tert-OH is 1. The Morgan fingerprint density at radius 2 is 2.02 bits per heavy atom. The summed E-state index contributed by atoms with van der Waals surface area (Å²) in [7, 11) is 0. The number of aliphatic hydroxyl groups is 1. The first-order chi connectivity index (χ1) is 19.5. The van der Waals surface area contributed by atoms with Gasteiger partial charge in [0.05, 0.1) is 61.5 Å². The number of hydrogen-bond donors (Lipinski definition) is 1. The van der Waals surface area contributed by atoms with Crippen molar-refractivity contribution in [3.05, 3.63) is 42.4 Å². The lowest BCUT2D eigenvalue weighted by molar-refractivity contribution is -0.145. The second-order valence-corrected chi connectivity index (χ2v) is 11.1. The maximum Gasteiger partial charge on any atom is 0.222 e. The molecule has 6 unspecified atom stereocenters. The first-order valence-electron chi connectivity index (χ1n) is 14.0. The fourth-order valence-corrected chi connectivity index (χ4v) is 6.73. The van der Waals surface area contributed by atoms with E-state index in [9.17, 15) is 15.2 Å². The van der Waals surface area contributed by atoms with Crippen LogP contribution in [0.4, 0.5) is 5.82 Å². The molecule has 11 nitrogen and oxygen atoms in total. The fraction of sp³-hybridized carbons (Fsp3) is 0.517. The molecule has 5 saturated heterocycles. The molecule has 8 rings (SSSR count). The van der Waals surface area contributed by atoms with E-state index in [0.29, 0.717) is 43.1 Å². The molecule has 0 aromatic carbocycles. The van der Waals surface area contributed by atoms with E-state index in [2.05, 4.69) is 16.1 Å². The lowest BCUT2D eigenvalue weighted by Crippen LogP contribution is -2.70. The number of nitriles is 1. The van der Waals surface area contributed by atoms with Gasteiger partial charge in [0.1, 0.15) is 29.8 Å². The highest BCUT2D eigenvalue weighted by Crippen LogP contribution is 2.37. The number of carbonyl (C=O) groups is 1. The Labute approximate surface area is 231 Å². The topological polar surface area (TPSA) is 125 Å². The second-order valence-electron chi connectivity index (χ2n) is 11.1. The molecule has 1 amide bonds. The van der Waals surface area contributed by atoms with Gasteiger partial charge < -0.3 is 29.1 Å². The number of hydrogen-bond acceptors (Lipinski definition) is 9. The molecular weight excluding hydrogens is 512 g/mol. The third-order valence-corrected chi connectivity index (χ3v) is 8.76. The Kier molecular flexibility index (Phi) is 6.34. The second kappa shape index (κ2) is 10.0. The van der Waals surface area contributed by atoms with Gasteiger partial charge in [0.2, 0.25) is 5.91 Å². The smallest absolute Gasteiger partial charge is 0.222 e. The van der Waals surface area contributed by atoms with E-state index >= 15 is 0 Å². The summed E-state index contributed by atoms with van der Waals surface area (Å²) in [5, 5.41) is 24.1. The summed E-state index contributed by atoms with van der Waals surface area (Å²) in [5.41, 5.74) is 2.87. The van der Waals surface area contributed by atoms with Crippen molar-refractivity contribution in [3.8, 4) is 22.9 Å². The van der Waals surface area contributed by atoms with Gasteiger partial charge in [-0.2, -0.15) is 10.4 Å². The Morgan fingerprint density at radius 3 is 2.77 bits per heavy atom. The molecule has 5 aliphatic rings. The molecule has 8 heterocycles. The molecule has 6 atom stereocenters. The summed E-state index contributed by atoms with van der Waals surface area (Å²) in [6.45, 7) is 4.83. The third-order valence-electron chi connectivity index (χ3n) is 8.76. The standard InChI is InChI=1S/C29H32N6O5/c1-2-26(37)35-20-7-21(35)13-33(12-20)25-4-3-17(10-31-25)23-8-22(14-34-27(23)19(9-30)11-32-34)38-6-5-18-15-39-29-24(36)16-40-28(18)29/h3-4,8,10-11,14,18,20-21,24,28-29,36H,2,5-7,12-13,15-16H2,1H3. The summed E-state index contributed by atoms with van der Waals surface area (Å²) in [4.78, 5) is 21.3. The van der Waals surface area contributed by atoms with E-state index in [1.807, 2.05) is 36.2 Å². The van der Waals surface area contributed by atoms with Crippen LogP contribution in [-0.4, -0.2) is 93.8 Å². The molecule has 1 N–H and O–H groups in total. The van der Waals surface area contributed by atoms with Crippen molar-refractivity contribution in [2.45, 2.75) is 56.6 Å². The van der Waals surface area contributed by atoms with Gasteiger partial charge >= 0.3 is 0 Å². The lowest BCUT2D eigenvalue weighted by Gasteiger charge is -2.56. The number of fused-ring (bicyclic) bond motifs is 4. The van der Waals surface area contributed by atoms with Crippen LogP contribution in [0.25, 0.3) is 16.6 Å². The number of pyridine rings is 2. The minimum atomic E-state index is -0.560. The minimum Gasteiger partial charge on any atom is -0.492 e. The maximum absolute atomic E-state index is 12.2. The Hall–Kier alpha value is -3.72. The van der Waals surface area contributed by atoms with Crippen molar-refractivity contribution in [1.82, 2.24) is 19.5 Å². The SMILES string of the molecule is CCC(=O)N1C2CC1CN(c1ccc(-c3cc(OCCC4COC5C(O)COC45)cn4ncc(C#N)c34)cn1)C2. The van der Waals surface area contributed by atoms with E-state index in [1.54, 1.807) is 16.9 Å². The number of amides is 1. The van der Waals surface area contributed by atoms with Gasteiger partial charge in [0.15, 0.2) is 0 Å². The average Bonchev–Trinajstić information content (AvgIpc) is 3.69. The predicted octanol–water partition coefficient (Wildman–Crippen LogP) is 2.01. The van der Waals surface area contributed by atoms with E-state index < -0.39 is 6.10 Å². The van der Waals surface area contributed by atoms with Crippen LogP contribution in [0.15, 0.2) is 36.8 Å². The van der Waals surface area contributed by atoms with Crippen molar-refractivity contribution in [1.29, 1.82) is 5.26 Å². The number of piperazine rings is 1. The molecule has 40 heavy (non-hydrogen) atoms. The normalized spacial score (nSPS) is 28.8. The zero-order chi connectivity index (χ0) is 27.4. The van der Waals surface area contributed by atoms with Crippen LogP contribution in [0.1, 0.15) is 31.7 Å². The van der Waals surface area contributed by atoms with Crippen LogP contribution in [0.5, 0.6) is 5.75 Å². The van der Waals surface area contributed by atoms with E-state index in [-0.39, 0.29) is 36.1 Å². The quantitative estimate of drug-likeness (QED) is 0.475. The Bertz CT molecular complexity index is 1460. The molecular formula is C29H32N6O5. The molecule has 0 spiro atoms. The van der Waals surface area contributed by atoms with Gasteiger partial charge in [0, 0.05) is 42.8 Å². The molecule has 5 aliphatic heterocycles. The predicted molar refractivity (Wildman–Crippen MR) is 144 cm³/mol. The number of carbonyl (C=O) groups excluding carboxylic acids is 1. The van der Waals surface area contributed by atoms with Gasteiger partial charge in [-0.25, -0.2) is 9.50 Å². The fourth-order valence-electron chi connectivity index (χ4n) is 6.73. The summed E-state index contributed by atoms with van der Waals surface area (Å²) < 4.78 is 19.3. The summed E-state index contributed by atoms with van der Waals surface area (Å²) >= 11 is 0. The zero-order valence-electron chi connectivity index (χ0n) is 22.3. The summed E-state index contributed by atoms with van der Waals surface area (Å²) in [5.74, 6) is 1.93. The summed E-state index contributed by atoms with van der Waals surface area (Å²) in [6.07, 6.45) is 6.63. The summed E-state index contributed by atoms with van der Waals surface area (Å²) in [6, 6.07) is 8.72. The van der Waals surface area contributed by atoms with Crippen molar-refractivity contribution < 1.29 is 24.1 Å². The van der Waals surface area contributed by atoms with Gasteiger partial charge in [-0.3, -0.25) is 4.79 Å². The number of ether oxygens (including phenoxy) is 3. The van der Waals surface area contributed by atoms with E-state index in [1.165, 1.54) is 0 Å². The number of piperidine rings is 1. The molecule has 3 aromatic heterocycles. The van der Waals surface area contributed by atoms with E-state index in [0.717, 1.165) is 42.9 Å². The van der Waals surface area contributed by atoms with Crippen LogP contribution >= 0.6 is 0 Å². The lowest BCUT2D eigenvalue weighted by atomic mass is 9.87. The van der Waals surface area contributed by atoms with Crippen molar-refractivity contribution >= 4 is 17.2 Å². The number of anilines is 1. The van der Waals surface area contributed by atoms with Crippen LogP contribution in [0.2, 0.25) is 0 Å². The molecule has 208 valence electrons. The van der Waals surface area contributed by atoms with Crippen LogP contribution in [-0.2, 0) is 14.3 Å². The highest BCUT2D eigenvalue weighted by Gasteiger charge is 2.47. The molecule has 2 bridgehead atoms. The largest absolute Gasteiger partial charge is 0.492 e. The minimum absolute atomic E-state index is 0.0912. The van der Waals surface area contributed by atoms with Gasteiger partial charge in [-0.05, 0) is 31.0 Å². The van der Waals surface area contributed by atoms with Crippen LogP contribution < -0.4 is 9.64 Å². The van der Waals surface area contributed by atoms with Crippen molar-refractivity contribution in [2.75, 3.05) is 37.8 Å². The molecule has 3 aromatic rings. The average molecular weight is 545 g/mol. The van der Waals surface area contributed by atoms with Crippen molar-refractivity contribution in [2.24, 2.45) is 5.92 Å². The van der Waals surface area contributed by atoms with Crippen LogP contribution in [0, 0.1) is 17.2 Å². The van der Waals surface area contributed by atoms with Gasteiger partial charge in [0.25, 0.3) is 0 Å². The molecule has 0 aliphatic carbocycles. The van der Waals surface area contributed by atoms with Gasteiger partial charge in [-0.1, -0.05) is 6.92 Å². The zero-order valence-corrected chi connectivity index (χ0v) is 22.3. The molecule has 0 radical (unpaired) electrons. The van der Waals surface area contributed by atoms with E-state index in [4.69, 9.17) is 19.2 Å². The first-order valence-corrected chi connectivity index (χ1v) is 14.0. The number of nitrogens with zero attached hydrogens (tertiary/aromatic N) is 6. The Morgan fingerprint density at radius 1 is 1.20 bits per heavy atom. The first kappa shape index (κ1) is 25.3. The van der Waals surface area contributed by atoms with Gasteiger partial charge in [-0.15, -0.1) is 0 Å². The highest BCUT2D eigenvalue weighted by atomic mass is 16.6. The number of aromatic nitrogens is 3.